The Morgan fingerprint density at radius 1 is 0.818 bits per heavy atom. The zero-order valence-electron chi connectivity index (χ0n) is 13.5. The van der Waals surface area contributed by atoms with Crippen LogP contribution in [0.5, 0.6) is 0 Å². The van der Waals surface area contributed by atoms with Crippen LogP contribution in [-0.4, -0.2) is 23.8 Å². The van der Waals surface area contributed by atoms with Crippen LogP contribution in [0.2, 0.25) is 0 Å². The lowest BCUT2D eigenvalue weighted by atomic mass is 9.92. The summed E-state index contributed by atoms with van der Waals surface area (Å²) < 4.78 is 11.4. The smallest absolute Gasteiger partial charge is 0.232 e. The van der Waals surface area contributed by atoms with E-state index in [0.717, 1.165) is 12.8 Å². The average molecular weight is 302 g/mol. The average Bonchev–Trinajstić information content (AvgIpc) is 2.55. The van der Waals surface area contributed by atoms with E-state index in [9.17, 15) is 9.59 Å². The summed E-state index contributed by atoms with van der Waals surface area (Å²) in [4.78, 5) is 25.4. The molecule has 0 aromatic heterocycles. The number of hydrogen-bond donors (Lipinski definition) is 0. The molecule has 1 aromatic carbocycles. The maximum absolute atomic E-state index is 12.7. The van der Waals surface area contributed by atoms with E-state index < -0.39 is 0 Å². The molecule has 4 heteroatoms. The Morgan fingerprint density at radius 2 is 1.18 bits per heavy atom. The molecule has 0 saturated heterocycles. The quantitative estimate of drug-likeness (QED) is 0.799. The third-order valence-corrected chi connectivity index (χ3v) is 3.82. The summed E-state index contributed by atoms with van der Waals surface area (Å²) in [5.74, 6) is -0.487. The number of allylic oxidation sites excluding steroid dienone is 2. The molecule has 2 unspecified atom stereocenters. The lowest BCUT2D eigenvalue weighted by Crippen LogP contribution is -2.28. The number of hydrogen-bond acceptors (Lipinski definition) is 4. The summed E-state index contributed by atoms with van der Waals surface area (Å²) >= 11 is 0. The van der Waals surface area contributed by atoms with E-state index in [-0.39, 0.29) is 35.3 Å². The van der Waals surface area contributed by atoms with Gasteiger partial charge in [0.2, 0.25) is 23.1 Å². The van der Waals surface area contributed by atoms with Crippen molar-refractivity contribution in [1.82, 2.24) is 0 Å². The van der Waals surface area contributed by atoms with Crippen LogP contribution in [0.1, 0.15) is 61.3 Å². The van der Waals surface area contributed by atoms with Gasteiger partial charge in [-0.15, -0.1) is 0 Å². The summed E-state index contributed by atoms with van der Waals surface area (Å²) in [5, 5.41) is 0. The third kappa shape index (κ3) is 3.06. The molecule has 22 heavy (non-hydrogen) atoms. The minimum atomic E-state index is -0.284. The molecule has 1 aliphatic carbocycles. The Kier molecular flexibility index (Phi) is 5.01. The number of benzene rings is 1. The highest BCUT2D eigenvalue weighted by molar-refractivity contribution is 6.25. The summed E-state index contributed by atoms with van der Waals surface area (Å²) in [6.07, 6.45) is 1.16. The van der Waals surface area contributed by atoms with Crippen LogP contribution in [0.4, 0.5) is 0 Å². The van der Waals surface area contributed by atoms with Gasteiger partial charge in [0.25, 0.3) is 0 Å². The maximum atomic E-state index is 12.7. The lowest BCUT2D eigenvalue weighted by molar-refractivity contribution is 0.0526. The molecule has 0 amide bonds. The van der Waals surface area contributed by atoms with Crippen LogP contribution >= 0.6 is 0 Å². The molecular weight excluding hydrogens is 280 g/mol. The SMILES string of the molecule is CCC(C)OC1=C(OC(C)CC)C(=O)c2ccccc2C1=O. The van der Waals surface area contributed by atoms with Gasteiger partial charge < -0.3 is 9.47 Å². The molecule has 0 radical (unpaired) electrons. The van der Waals surface area contributed by atoms with E-state index >= 15 is 0 Å². The zero-order valence-corrected chi connectivity index (χ0v) is 13.5. The highest BCUT2D eigenvalue weighted by Crippen LogP contribution is 2.29. The van der Waals surface area contributed by atoms with Gasteiger partial charge in [0.05, 0.1) is 12.2 Å². The summed E-state index contributed by atoms with van der Waals surface area (Å²) in [6.45, 7) is 7.66. The second kappa shape index (κ2) is 6.77. The Morgan fingerprint density at radius 3 is 1.50 bits per heavy atom. The van der Waals surface area contributed by atoms with E-state index in [1.807, 2.05) is 27.7 Å². The van der Waals surface area contributed by atoms with Crippen molar-refractivity contribution in [2.75, 3.05) is 0 Å². The van der Waals surface area contributed by atoms with Gasteiger partial charge in [0.15, 0.2) is 0 Å². The molecule has 1 aliphatic rings. The van der Waals surface area contributed by atoms with Gasteiger partial charge in [0, 0.05) is 11.1 Å². The van der Waals surface area contributed by atoms with Gasteiger partial charge in [-0.05, 0) is 26.7 Å². The van der Waals surface area contributed by atoms with Crippen molar-refractivity contribution in [2.24, 2.45) is 0 Å². The highest BCUT2D eigenvalue weighted by Gasteiger charge is 2.36. The first-order valence-corrected chi connectivity index (χ1v) is 7.75. The van der Waals surface area contributed by atoms with Crippen molar-refractivity contribution >= 4 is 11.6 Å². The van der Waals surface area contributed by atoms with Crippen molar-refractivity contribution in [3.63, 3.8) is 0 Å². The summed E-state index contributed by atoms with van der Waals surface area (Å²) in [6, 6.07) is 6.78. The molecular formula is C18H22O4. The molecule has 0 saturated carbocycles. The monoisotopic (exact) mass is 302 g/mol. The van der Waals surface area contributed by atoms with Crippen molar-refractivity contribution in [2.45, 2.75) is 52.7 Å². The molecule has 1 aromatic rings. The van der Waals surface area contributed by atoms with Crippen LogP contribution in [0, 0.1) is 0 Å². The Hall–Kier alpha value is -2.10. The fourth-order valence-electron chi connectivity index (χ4n) is 2.11. The van der Waals surface area contributed by atoms with Gasteiger partial charge in [-0.3, -0.25) is 9.59 Å². The van der Waals surface area contributed by atoms with E-state index in [0.29, 0.717) is 11.1 Å². The Bertz CT molecular complexity index is 562. The van der Waals surface area contributed by atoms with Crippen molar-refractivity contribution < 1.29 is 19.1 Å². The number of carbonyl (C=O) groups is 2. The number of carbonyl (C=O) groups excluding carboxylic acids is 2. The summed E-state index contributed by atoms with van der Waals surface area (Å²) in [5.41, 5.74) is 0.754. The van der Waals surface area contributed by atoms with Crippen molar-refractivity contribution in [1.29, 1.82) is 0 Å². The number of ether oxygens (including phenoxy) is 2. The molecule has 118 valence electrons. The fraction of sp³-hybridized carbons (Fsp3) is 0.444. The van der Waals surface area contributed by atoms with Gasteiger partial charge in [0.1, 0.15) is 0 Å². The molecule has 2 rings (SSSR count). The first kappa shape index (κ1) is 16.3. The van der Waals surface area contributed by atoms with Crippen LogP contribution in [0.3, 0.4) is 0 Å². The molecule has 0 spiro atoms. The molecule has 0 heterocycles. The first-order chi connectivity index (χ1) is 10.5. The van der Waals surface area contributed by atoms with E-state index in [2.05, 4.69) is 0 Å². The minimum absolute atomic E-state index is 0.0401. The maximum Gasteiger partial charge on any atom is 0.232 e. The van der Waals surface area contributed by atoms with Gasteiger partial charge >= 0.3 is 0 Å². The molecule has 0 fully saturated rings. The number of Topliss-reactive ketones (excluding diaryl/α,β-unsaturated/α-hetero) is 2. The number of rotatable bonds is 6. The van der Waals surface area contributed by atoms with Crippen LogP contribution < -0.4 is 0 Å². The molecule has 2 atom stereocenters. The standard InChI is InChI=1S/C18H22O4/c1-5-11(3)21-17-15(19)13-9-7-8-10-14(13)16(20)18(17)22-12(4)6-2/h7-12H,5-6H2,1-4H3. The Labute approximate surface area is 131 Å². The van der Waals surface area contributed by atoms with E-state index in [1.54, 1.807) is 24.3 Å². The largest absolute Gasteiger partial charge is 0.483 e. The molecule has 0 aliphatic heterocycles. The zero-order chi connectivity index (χ0) is 16.3. The summed E-state index contributed by atoms with van der Waals surface area (Å²) in [7, 11) is 0. The number of ketones is 2. The third-order valence-electron chi connectivity index (χ3n) is 3.82. The topological polar surface area (TPSA) is 52.6 Å². The molecule has 4 nitrogen and oxygen atoms in total. The normalized spacial score (nSPS) is 17.1. The van der Waals surface area contributed by atoms with Crippen LogP contribution in [0.15, 0.2) is 35.8 Å². The van der Waals surface area contributed by atoms with Gasteiger partial charge in [-0.1, -0.05) is 38.1 Å². The van der Waals surface area contributed by atoms with E-state index in [1.165, 1.54) is 0 Å². The molecule has 0 bridgehead atoms. The predicted molar refractivity (Wildman–Crippen MR) is 83.8 cm³/mol. The van der Waals surface area contributed by atoms with Gasteiger partial charge in [-0.2, -0.15) is 0 Å². The predicted octanol–water partition coefficient (Wildman–Crippen LogP) is 3.91. The van der Waals surface area contributed by atoms with Crippen LogP contribution in [0.25, 0.3) is 0 Å². The van der Waals surface area contributed by atoms with Crippen molar-refractivity contribution in [3.8, 4) is 0 Å². The Balaban J connectivity index is 2.50. The van der Waals surface area contributed by atoms with Gasteiger partial charge in [-0.25, -0.2) is 0 Å². The number of fused-ring (bicyclic) bond motifs is 1. The lowest BCUT2D eigenvalue weighted by Gasteiger charge is -2.25. The molecule has 0 N–H and O–H groups in total. The fourth-order valence-corrected chi connectivity index (χ4v) is 2.11. The van der Waals surface area contributed by atoms with Crippen LogP contribution in [-0.2, 0) is 9.47 Å². The van der Waals surface area contributed by atoms with Crippen molar-refractivity contribution in [3.05, 3.63) is 46.9 Å². The highest BCUT2D eigenvalue weighted by atomic mass is 16.5. The first-order valence-electron chi connectivity index (χ1n) is 7.75. The van der Waals surface area contributed by atoms with E-state index in [4.69, 9.17) is 9.47 Å². The second-order valence-corrected chi connectivity index (χ2v) is 5.54. The minimum Gasteiger partial charge on any atom is -0.483 e. The second-order valence-electron chi connectivity index (χ2n) is 5.54.